The summed E-state index contributed by atoms with van der Waals surface area (Å²) in [5.74, 6) is -1.20. The molecule has 2 aliphatic heterocycles. The van der Waals surface area contributed by atoms with Gasteiger partial charge in [-0.05, 0) is 42.7 Å². The molecule has 0 radical (unpaired) electrons. The second-order valence-corrected chi connectivity index (χ2v) is 8.84. The van der Waals surface area contributed by atoms with E-state index in [0.29, 0.717) is 42.1 Å². The van der Waals surface area contributed by atoms with Crippen molar-refractivity contribution in [2.45, 2.75) is 46.1 Å². The number of anilines is 1. The zero-order valence-corrected chi connectivity index (χ0v) is 20.2. The second kappa shape index (κ2) is 10.8. The molecule has 0 atom stereocenters. The predicted molar refractivity (Wildman–Crippen MR) is 135 cm³/mol. The molecule has 2 aliphatic rings. The molecule has 0 unspecified atom stereocenters. The first-order chi connectivity index (χ1) is 16.9. The van der Waals surface area contributed by atoms with Gasteiger partial charge < -0.3 is 21.3 Å². The third-order valence-electron chi connectivity index (χ3n) is 6.05. The van der Waals surface area contributed by atoms with E-state index >= 15 is 4.39 Å². The van der Waals surface area contributed by atoms with Crippen LogP contribution < -0.4 is 16.4 Å². The Labute approximate surface area is 204 Å². The number of pyridine rings is 1. The minimum absolute atomic E-state index is 0.128. The van der Waals surface area contributed by atoms with E-state index in [2.05, 4.69) is 20.6 Å². The van der Waals surface area contributed by atoms with E-state index in [4.69, 9.17) is 5.73 Å². The lowest BCUT2D eigenvalue weighted by Gasteiger charge is -2.22. The first-order valence-corrected chi connectivity index (χ1v) is 12.1. The lowest BCUT2D eigenvalue weighted by atomic mass is 10.0. The van der Waals surface area contributed by atoms with Crippen molar-refractivity contribution < 1.29 is 14.0 Å². The fraction of sp³-hybridized carbons (Fsp3) is 0.385. The predicted octanol–water partition coefficient (Wildman–Crippen LogP) is 3.54. The van der Waals surface area contributed by atoms with Gasteiger partial charge in [-0.15, -0.1) is 0 Å². The summed E-state index contributed by atoms with van der Waals surface area (Å²) in [7, 11) is 0. The highest BCUT2D eigenvalue weighted by Crippen LogP contribution is 2.30. The number of carbonyl (C=O) groups is 2. The summed E-state index contributed by atoms with van der Waals surface area (Å²) >= 11 is 0. The number of nitrogens with one attached hydrogen (secondary N) is 2. The Morgan fingerprint density at radius 3 is 2.71 bits per heavy atom. The molecular weight excluding hydrogens is 447 g/mol. The van der Waals surface area contributed by atoms with Gasteiger partial charge in [0.25, 0.3) is 5.91 Å². The number of carbonyl (C=O) groups excluding carboxylic acids is 2. The van der Waals surface area contributed by atoms with Gasteiger partial charge in [0.05, 0.1) is 23.1 Å². The number of nitrogens with zero attached hydrogens (tertiary/aromatic N) is 3. The van der Waals surface area contributed by atoms with Crippen molar-refractivity contribution in [2.75, 3.05) is 25.0 Å². The Bertz CT molecular complexity index is 1200. The number of hydrogen-bond acceptors (Lipinski definition) is 6. The summed E-state index contributed by atoms with van der Waals surface area (Å²) in [6, 6.07) is 4.46. The maximum atomic E-state index is 15.1. The van der Waals surface area contributed by atoms with Crippen LogP contribution in [-0.2, 0) is 17.8 Å². The number of hydrogen-bond donors (Lipinski definition) is 3. The molecule has 184 valence electrons. The Morgan fingerprint density at radius 2 is 1.97 bits per heavy atom. The number of aromatic nitrogens is 1. The smallest absolute Gasteiger partial charge is 0.258 e. The Morgan fingerprint density at radius 1 is 1.20 bits per heavy atom. The molecule has 4 rings (SSSR count). The molecule has 3 heterocycles. The zero-order valence-electron chi connectivity index (χ0n) is 20.2. The normalized spacial score (nSPS) is 14.7. The number of benzene rings is 1. The van der Waals surface area contributed by atoms with E-state index in [1.165, 1.54) is 12.1 Å². The average molecular weight is 479 g/mol. The molecule has 2 amide bonds. The molecule has 8 nitrogen and oxygen atoms in total. The summed E-state index contributed by atoms with van der Waals surface area (Å²) in [6.07, 6.45) is 5.87. The van der Waals surface area contributed by atoms with Crippen LogP contribution in [0.2, 0.25) is 0 Å². The van der Waals surface area contributed by atoms with Crippen LogP contribution in [0.5, 0.6) is 0 Å². The molecule has 4 N–H and O–H groups in total. The van der Waals surface area contributed by atoms with Crippen molar-refractivity contribution in [2.24, 2.45) is 10.7 Å². The van der Waals surface area contributed by atoms with Gasteiger partial charge in [0.1, 0.15) is 11.7 Å². The minimum atomic E-state index is -0.702. The molecule has 1 aromatic heterocycles. The highest BCUT2D eigenvalue weighted by atomic mass is 19.1. The van der Waals surface area contributed by atoms with Crippen LogP contribution in [0.15, 0.2) is 35.0 Å². The summed E-state index contributed by atoms with van der Waals surface area (Å²) in [4.78, 5) is 36.6. The third kappa shape index (κ3) is 5.57. The topological polar surface area (TPSA) is 113 Å². The first-order valence-electron chi connectivity index (χ1n) is 12.1. The quantitative estimate of drug-likeness (QED) is 0.563. The average Bonchev–Trinajstić information content (AvgIpc) is 3.00. The van der Waals surface area contributed by atoms with Crippen molar-refractivity contribution in [3.8, 4) is 0 Å². The van der Waals surface area contributed by atoms with Crippen LogP contribution in [-0.4, -0.2) is 47.2 Å². The van der Waals surface area contributed by atoms with Crippen LogP contribution in [0.3, 0.4) is 0 Å². The number of aliphatic imine (C=N–C) groups is 1. The lowest BCUT2D eigenvalue weighted by molar-refractivity contribution is -0.127. The summed E-state index contributed by atoms with van der Waals surface area (Å²) in [6.45, 7) is 6.84. The van der Waals surface area contributed by atoms with Crippen LogP contribution in [0.25, 0.3) is 6.08 Å². The number of amides is 2. The molecule has 0 saturated carbocycles. The van der Waals surface area contributed by atoms with Gasteiger partial charge in [0.2, 0.25) is 5.91 Å². The van der Waals surface area contributed by atoms with Crippen LogP contribution >= 0.6 is 0 Å². The molecule has 0 aliphatic carbocycles. The van der Waals surface area contributed by atoms with E-state index in [9.17, 15) is 9.59 Å². The van der Waals surface area contributed by atoms with Crippen molar-refractivity contribution in [1.82, 2.24) is 15.2 Å². The van der Waals surface area contributed by atoms with E-state index in [-0.39, 0.29) is 23.7 Å². The number of nitrogens with two attached hydrogens (primary N) is 1. The van der Waals surface area contributed by atoms with Gasteiger partial charge in [0, 0.05) is 55.9 Å². The van der Waals surface area contributed by atoms with Gasteiger partial charge in [-0.1, -0.05) is 13.8 Å². The van der Waals surface area contributed by atoms with Gasteiger partial charge in [-0.25, -0.2) is 9.38 Å². The maximum Gasteiger partial charge on any atom is 0.258 e. The highest BCUT2D eigenvalue weighted by molar-refractivity contribution is 6.08. The number of fused-ring (bicyclic) bond motifs is 2. The van der Waals surface area contributed by atoms with Crippen LogP contribution in [0.4, 0.5) is 15.8 Å². The summed E-state index contributed by atoms with van der Waals surface area (Å²) in [5.41, 5.74) is 9.67. The molecule has 0 spiro atoms. The van der Waals surface area contributed by atoms with E-state index in [1.54, 1.807) is 17.2 Å². The maximum absolute atomic E-state index is 15.1. The minimum Gasteiger partial charge on any atom is -0.387 e. The van der Waals surface area contributed by atoms with Crippen molar-refractivity contribution in [3.05, 3.63) is 58.2 Å². The molecule has 0 bridgehead atoms. The van der Waals surface area contributed by atoms with Crippen molar-refractivity contribution in [3.63, 3.8) is 0 Å². The van der Waals surface area contributed by atoms with E-state index in [1.807, 2.05) is 19.9 Å². The fourth-order valence-corrected chi connectivity index (χ4v) is 4.40. The van der Waals surface area contributed by atoms with E-state index in [0.717, 1.165) is 37.1 Å². The standard InChI is InChI=1S/C26H31FN6O2/c1-3-7-33(8-4-2)26(35)17-9-16-11-21(27)20(13-23(16)32-24(28)12-17)25(34)31-19-10-18-14-29-6-5-22(18)30-15-19/h9-11,13,15,29H,3-8,12,14H2,1-2H3,(H2,28,32)(H,31,34). The molecule has 0 fully saturated rings. The highest BCUT2D eigenvalue weighted by Gasteiger charge is 2.23. The number of rotatable bonds is 7. The third-order valence-corrected chi connectivity index (χ3v) is 6.05. The van der Waals surface area contributed by atoms with Crippen LogP contribution in [0, 0.1) is 5.82 Å². The van der Waals surface area contributed by atoms with Crippen molar-refractivity contribution >= 4 is 35.1 Å². The Balaban J connectivity index is 1.61. The lowest BCUT2D eigenvalue weighted by Crippen LogP contribution is -2.34. The molecule has 1 aromatic carbocycles. The van der Waals surface area contributed by atoms with E-state index < -0.39 is 11.7 Å². The molecule has 35 heavy (non-hydrogen) atoms. The monoisotopic (exact) mass is 478 g/mol. The summed E-state index contributed by atoms with van der Waals surface area (Å²) in [5, 5.41) is 5.99. The largest absolute Gasteiger partial charge is 0.387 e. The van der Waals surface area contributed by atoms with Crippen molar-refractivity contribution in [1.29, 1.82) is 0 Å². The van der Waals surface area contributed by atoms with Gasteiger partial charge in [-0.3, -0.25) is 14.6 Å². The molecule has 0 saturated heterocycles. The Kier molecular flexibility index (Phi) is 7.55. The molecule has 9 heteroatoms. The van der Waals surface area contributed by atoms with Gasteiger partial charge in [0.15, 0.2) is 0 Å². The second-order valence-electron chi connectivity index (χ2n) is 8.84. The number of amidine groups is 1. The molecular formula is C26H31FN6O2. The first kappa shape index (κ1) is 24.5. The zero-order chi connectivity index (χ0) is 24.9. The Hall–Kier alpha value is -3.59. The van der Waals surface area contributed by atoms with Gasteiger partial charge >= 0.3 is 0 Å². The van der Waals surface area contributed by atoms with Crippen LogP contribution in [0.1, 0.15) is 60.3 Å². The SMILES string of the molecule is CCCN(CCC)C(=O)C1=Cc2cc(F)c(C(=O)Nc3cnc4c(c3)CNCC4)cc2N=C(N)C1. The summed E-state index contributed by atoms with van der Waals surface area (Å²) < 4.78 is 15.1. The molecule has 2 aromatic rings. The van der Waals surface area contributed by atoms with Gasteiger partial charge in [-0.2, -0.15) is 0 Å². The fourth-order valence-electron chi connectivity index (χ4n) is 4.40. The number of halogens is 1.